The summed E-state index contributed by atoms with van der Waals surface area (Å²) in [5.74, 6) is -0.353. The van der Waals surface area contributed by atoms with Crippen LogP contribution in [0.1, 0.15) is 18.5 Å². The molecule has 0 aromatic heterocycles. The Morgan fingerprint density at radius 1 is 0.929 bits per heavy atom. The van der Waals surface area contributed by atoms with Crippen LogP contribution in [0.2, 0.25) is 0 Å². The van der Waals surface area contributed by atoms with E-state index in [2.05, 4.69) is 10.6 Å². The van der Waals surface area contributed by atoms with Crippen molar-refractivity contribution in [2.24, 2.45) is 0 Å². The van der Waals surface area contributed by atoms with Gasteiger partial charge in [-0.25, -0.2) is 8.42 Å². The van der Waals surface area contributed by atoms with Crippen LogP contribution < -0.4 is 10.6 Å². The topological polar surface area (TPSA) is 95.6 Å². The molecule has 1 aliphatic heterocycles. The summed E-state index contributed by atoms with van der Waals surface area (Å²) in [6.07, 6.45) is 0. The second-order valence-electron chi connectivity index (χ2n) is 6.75. The smallest absolute Gasteiger partial charge is 0.246 e. The molecule has 1 aliphatic rings. The molecule has 0 radical (unpaired) electrons. The van der Waals surface area contributed by atoms with Crippen LogP contribution in [-0.2, 0) is 19.4 Å². The highest BCUT2D eigenvalue weighted by molar-refractivity contribution is 7.91. The SMILES string of the molecule is CC(=O)Nc1cccc(NC(=O)C(c2ccccc2)N2CCS(=O)(=O)CC2)c1. The third kappa shape index (κ3) is 5.17. The van der Waals surface area contributed by atoms with Crippen molar-refractivity contribution in [2.75, 3.05) is 35.2 Å². The Morgan fingerprint density at radius 2 is 1.54 bits per heavy atom. The molecule has 7 nitrogen and oxygen atoms in total. The second kappa shape index (κ2) is 8.53. The number of anilines is 2. The number of nitrogens with zero attached hydrogens (tertiary/aromatic N) is 1. The second-order valence-corrected chi connectivity index (χ2v) is 9.06. The summed E-state index contributed by atoms with van der Waals surface area (Å²) in [5, 5.41) is 5.58. The van der Waals surface area contributed by atoms with Crippen LogP contribution in [0.15, 0.2) is 54.6 Å². The third-order valence-corrected chi connectivity index (χ3v) is 6.17. The number of hydrogen-bond donors (Lipinski definition) is 2. The number of benzene rings is 2. The van der Waals surface area contributed by atoms with E-state index in [1.807, 2.05) is 35.2 Å². The van der Waals surface area contributed by atoms with Gasteiger partial charge < -0.3 is 10.6 Å². The van der Waals surface area contributed by atoms with Gasteiger partial charge in [-0.2, -0.15) is 0 Å². The summed E-state index contributed by atoms with van der Waals surface area (Å²) in [5.41, 5.74) is 1.95. The summed E-state index contributed by atoms with van der Waals surface area (Å²) in [6.45, 7) is 2.03. The van der Waals surface area contributed by atoms with E-state index in [1.165, 1.54) is 6.92 Å². The van der Waals surface area contributed by atoms with Crippen LogP contribution in [0, 0.1) is 0 Å². The molecule has 0 bridgehead atoms. The molecular weight excluding hydrogens is 378 g/mol. The summed E-state index contributed by atoms with van der Waals surface area (Å²) in [4.78, 5) is 26.3. The maximum atomic E-state index is 13.1. The van der Waals surface area contributed by atoms with Crippen LogP contribution in [0.4, 0.5) is 11.4 Å². The van der Waals surface area contributed by atoms with Crippen LogP contribution >= 0.6 is 0 Å². The molecular formula is C20H23N3O4S. The van der Waals surface area contributed by atoms with Gasteiger partial charge in [0.25, 0.3) is 0 Å². The van der Waals surface area contributed by atoms with Crippen molar-refractivity contribution < 1.29 is 18.0 Å². The van der Waals surface area contributed by atoms with Crippen molar-refractivity contribution in [3.63, 3.8) is 0 Å². The van der Waals surface area contributed by atoms with E-state index < -0.39 is 15.9 Å². The number of nitrogens with one attached hydrogen (secondary N) is 2. The molecule has 0 spiro atoms. The molecule has 1 fully saturated rings. The van der Waals surface area contributed by atoms with Crippen molar-refractivity contribution in [2.45, 2.75) is 13.0 Å². The van der Waals surface area contributed by atoms with Gasteiger partial charge in [-0.05, 0) is 23.8 Å². The number of carbonyl (C=O) groups excluding carboxylic acids is 2. The predicted octanol–water partition coefficient (Wildman–Crippen LogP) is 2.06. The maximum absolute atomic E-state index is 13.1. The zero-order valence-electron chi connectivity index (χ0n) is 15.6. The number of amides is 2. The van der Waals surface area contributed by atoms with Crippen molar-refractivity contribution in [1.82, 2.24) is 4.90 Å². The highest BCUT2D eigenvalue weighted by atomic mass is 32.2. The first-order valence-electron chi connectivity index (χ1n) is 9.02. The summed E-state index contributed by atoms with van der Waals surface area (Å²) in [7, 11) is -3.05. The van der Waals surface area contributed by atoms with E-state index in [0.29, 0.717) is 24.5 Å². The summed E-state index contributed by atoms with van der Waals surface area (Å²) >= 11 is 0. The Morgan fingerprint density at radius 3 is 2.14 bits per heavy atom. The lowest BCUT2D eigenvalue weighted by Crippen LogP contribution is -2.46. The molecule has 0 saturated carbocycles. The van der Waals surface area contributed by atoms with Gasteiger partial charge in [0.1, 0.15) is 6.04 Å². The molecule has 3 rings (SSSR count). The predicted molar refractivity (Wildman–Crippen MR) is 109 cm³/mol. The zero-order chi connectivity index (χ0) is 20.1. The zero-order valence-corrected chi connectivity index (χ0v) is 16.4. The lowest BCUT2D eigenvalue weighted by Gasteiger charge is -2.33. The van der Waals surface area contributed by atoms with Gasteiger partial charge in [0, 0.05) is 31.4 Å². The first kappa shape index (κ1) is 20.0. The number of rotatable bonds is 5. The third-order valence-electron chi connectivity index (χ3n) is 4.56. The standard InChI is InChI=1S/C20H23N3O4S/c1-15(24)21-17-8-5-9-18(14-17)22-20(25)19(16-6-3-2-4-7-16)23-10-12-28(26,27)13-11-23/h2-9,14,19H,10-13H2,1H3,(H,21,24)(H,22,25). The molecule has 1 heterocycles. The fourth-order valence-electron chi connectivity index (χ4n) is 3.24. The van der Waals surface area contributed by atoms with Gasteiger partial charge in [0.15, 0.2) is 9.84 Å². The minimum absolute atomic E-state index is 0.0433. The maximum Gasteiger partial charge on any atom is 0.246 e. The largest absolute Gasteiger partial charge is 0.326 e. The average Bonchev–Trinajstić information content (AvgIpc) is 2.64. The molecule has 8 heteroatoms. The minimum atomic E-state index is -3.05. The van der Waals surface area contributed by atoms with Gasteiger partial charge in [-0.15, -0.1) is 0 Å². The molecule has 148 valence electrons. The van der Waals surface area contributed by atoms with E-state index in [4.69, 9.17) is 0 Å². The Kier molecular flexibility index (Phi) is 6.11. The highest BCUT2D eigenvalue weighted by Gasteiger charge is 2.32. The van der Waals surface area contributed by atoms with Crippen LogP contribution in [0.25, 0.3) is 0 Å². The van der Waals surface area contributed by atoms with Crippen molar-refractivity contribution >= 4 is 33.0 Å². The molecule has 1 unspecified atom stereocenters. The monoisotopic (exact) mass is 401 g/mol. The molecule has 28 heavy (non-hydrogen) atoms. The summed E-state index contributed by atoms with van der Waals surface area (Å²) in [6, 6.07) is 15.6. The van der Waals surface area contributed by atoms with Gasteiger partial charge in [-0.1, -0.05) is 36.4 Å². The molecule has 0 aliphatic carbocycles. The number of carbonyl (C=O) groups is 2. The fraction of sp³-hybridized carbons (Fsp3) is 0.300. The fourth-order valence-corrected chi connectivity index (χ4v) is 4.47. The Labute approximate surface area is 164 Å². The molecule has 2 amide bonds. The minimum Gasteiger partial charge on any atom is -0.326 e. The van der Waals surface area contributed by atoms with Crippen LogP contribution in [0.3, 0.4) is 0 Å². The van der Waals surface area contributed by atoms with Crippen LogP contribution in [0.5, 0.6) is 0 Å². The van der Waals surface area contributed by atoms with Gasteiger partial charge in [0.05, 0.1) is 11.5 Å². The number of hydrogen-bond acceptors (Lipinski definition) is 5. The quantitative estimate of drug-likeness (QED) is 0.800. The lowest BCUT2D eigenvalue weighted by atomic mass is 10.0. The van der Waals surface area contributed by atoms with Gasteiger partial charge >= 0.3 is 0 Å². The number of sulfone groups is 1. The van der Waals surface area contributed by atoms with Crippen LogP contribution in [-0.4, -0.2) is 49.7 Å². The van der Waals surface area contributed by atoms with Gasteiger partial charge in [0.2, 0.25) is 11.8 Å². The lowest BCUT2D eigenvalue weighted by molar-refractivity contribution is -0.121. The van der Waals surface area contributed by atoms with E-state index in [9.17, 15) is 18.0 Å². The van der Waals surface area contributed by atoms with Gasteiger partial charge in [-0.3, -0.25) is 14.5 Å². The van der Waals surface area contributed by atoms with E-state index in [0.717, 1.165) is 5.56 Å². The normalized spacial score (nSPS) is 17.5. The Hall–Kier alpha value is -2.71. The molecule has 2 aromatic rings. The summed E-state index contributed by atoms with van der Waals surface area (Å²) < 4.78 is 23.6. The molecule has 1 saturated heterocycles. The first-order valence-corrected chi connectivity index (χ1v) is 10.8. The molecule has 2 N–H and O–H groups in total. The Bertz CT molecular complexity index is 946. The molecule has 2 aromatic carbocycles. The van der Waals surface area contributed by atoms with Crippen molar-refractivity contribution in [3.8, 4) is 0 Å². The first-order chi connectivity index (χ1) is 13.3. The Balaban J connectivity index is 1.82. The highest BCUT2D eigenvalue weighted by Crippen LogP contribution is 2.25. The van der Waals surface area contributed by atoms with E-state index in [1.54, 1.807) is 24.3 Å². The van der Waals surface area contributed by atoms with E-state index in [-0.39, 0.29) is 23.3 Å². The van der Waals surface area contributed by atoms with E-state index >= 15 is 0 Å². The van der Waals surface area contributed by atoms with Crippen molar-refractivity contribution in [3.05, 3.63) is 60.2 Å². The van der Waals surface area contributed by atoms with Crippen molar-refractivity contribution in [1.29, 1.82) is 0 Å². The average molecular weight is 401 g/mol. The molecule has 1 atom stereocenters.